The van der Waals surface area contributed by atoms with Crippen LogP contribution in [0.3, 0.4) is 0 Å². The molecule has 1 spiro atoms. The molecular formula is C36H53N5O2. The molecule has 0 atom stereocenters. The van der Waals surface area contributed by atoms with Crippen molar-refractivity contribution in [3.05, 3.63) is 60.8 Å². The summed E-state index contributed by atoms with van der Waals surface area (Å²) in [5.74, 6) is 1.41. The van der Waals surface area contributed by atoms with E-state index in [1.807, 2.05) is 39.2 Å². The van der Waals surface area contributed by atoms with Gasteiger partial charge in [0.2, 0.25) is 6.41 Å². The lowest BCUT2D eigenvalue weighted by atomic mass is 9.94. The first-order chi connectivity index (χ1) is 21.0. The minimum Gasteiger partial charge on any atom is -0.372 e. The lowest BCUT2D eigenvalue weighted by Crippen LogP contribution is -2.30. The van der Waals surface area contributed by atoms with Crippen molar-refractivity contribution in [1.29, 1.82) is 0 Å². The quantitative estimate of drug-likeness (QED) is 0.145. The number of unbranched alkanes of at least 4 members (excludes halogenated alkanes) is 3. The average Bonchev–Trinajstić information content (AvgIpc) is 3.66. The van der Waals surface area contributed by atoms with Crippen LogP contribution in [0.5, 0.6) is 0 Å². The van der Waals surface area contributed by atoms with Gasteiger partial charge >= 0.3 is 0 Å². The smallest absolute Gasteiger partial charge is 0.204 e. The normalized spacial score (nSPS) is 14.2. The summed E-state index contributed by atoms with van der Waals surface area (Å²) in [6.45, 7) is 8.63. The molecular weight excluding hydrogens is 534 g/mol. The number of aromatic amines is 1. The van der Waals surface area contributed by atoms with Gasteiger partial charge in [0, 0.05) is 31.7 Å². The molecule has 3 aromatic rings. The molecule has 43 heavy (non-hydrogen) atoms. The van der Waals surface area contributed by atoms with Crippen LogP contribution < -0.4 is 5.73 Å². The van der Waals surface area contributed by atoms with Gasteiger partial charge in [0.05, 0.1) is 11.9 Å². The maximum atomic E-state index is 11.3. The number of aromatic nitrogens is 3. The van der Waals surface area contributed by atoms with Gasteiger partial charge in [-0.15, -0.1) is 12.8 Å². The highest BCUT2D eigenvalue weighted by Gasteiger charge is 2.43. The predicted octanol–water partition coefficient (Wildman–Crippen LogP) is 7.48. The van der Waals surface area contributed by atoms with E-state index in [4.69, 9.17) is 4.79 Å². The number of amides is 1. The second-order valence-electron chi connectivity index (χ2n) is 10.8. The van der Waals surface area contributed by atoms with Gasteiger partial charge in [-0.2, -0.15) is 0 Å². The molecule has 1 aliphatic carbocycles. The average molecular weight is 588 g/mol. The van der Waals surface area contributed by atoms with Crippen LogP contribution in [0.25, 0.3) is 22.4 Å². The first-order valence-corrected chi connectivity index (χ1v) is 15.7. The first-order valence-electron chi connectivity index (χ1n) is 15.7. The fraction of sp³-hybridized carbons (Fsp3) is 0.500. The number of benzene rings is 1. The summed E-state index contributed by atoms with van der Waals surface area (Å²) >= 11 is 0. The number of Topliss-reactive ketones (excluding diaryl/α,β-unsaturated/α-hetero) is 1. The molecule has 7 heteroatoms. The van der Waals surface area contributed by atoms with Crippen LogP contribution >= 0.6 is 0 Å². The number of rotatable bonds is 10. The van der Waals surface area contributed by atoms with Crippen molar-refractivity contribution in [3.8, 4) is 35.2 Å². The van der Waals surface area contributed by atoms with Crippen molar-refractivity contribution in [3.63, 3.8) is 0 Å². The number of carbonyl (C=O) groups excluding carboxylic acids is 2. The molecule has 1 saturated heterocycles. The summed E-state index contributed by atoms with van der Waals surface area (Å²) in [7, 11) is 2.23. The van der Waals surface area contributed by atoms with Crippen LogP contribution in [0, 0.1) is 18.3 Å². The second kappa shape index (κ2) is 21.9. The molecule has 0 bridgehead atoms. The van der Waals surface area contributed by atoms with Crippen LogP contribution in [0.2, 0.25) is 0 Å². The van der Waals surface area contributed by atoms with Crippen molar-refractivity contribution < 1.29 is 9.59 Å². The summed E-state index contributed by atoms with van der Waals surface area (Å²) in [6, 6.07) is 12.5. The third-order valence-electron chi connectivity index (χ3n) is 7.84. The number of primary amides is 1. The third kappa shape index (κ3) is 14.3. The van der Waals surface area contributed by atoms with Crippen molar-refractivity contribution in [2.24, 2.45) is 11.1 Å². The number of nitrogens with two attached hydrogens (primary N) is 1. The number of H-pyrrole nitrogens is 1. The van der Waals surface area contributed by atoms with Gasteiger partial charge in [0.1, 0.15) is 11.6 Å². The fourth-order valence-electron chi connectivity index (χ4n) is 4.93. The maximum Gasteiger partial charge on any atom is 0.204 e. The van der Waals surface area contributed by atoms with Gasteiger partial charge in [-0.25, -0.2) is 4.98 Å². The Balaban J connectivity index is 0.000000474. The minimum absolute atomic E-state index is 0.250. The lowest BCUT2D eigenvalue weighted by molar-refractivity contribution is -0.118. The first kappa shape index (κ1) is 37.3. The number of hydrogen-bond acceptors (Lipinski definition) is 5. The number of aryl methyl sites for hydroxylation is 1. The van der Waals surface area contributed by atoms with Crippen LogP contribution in [-0.2, 0) is 16.0 Å². The van der Waals surface area contributed by atoms with Crippen molar-refractivity contribution in [2.45, 2.75) is 91.4 Å². The Morgan fingerprint density at radius 1 is 0.953 bits per heavy atom. The summed E-state index contributed by atoms with van der Waals surface area (Å²) in [5, 5.41) is 0. The van der Waals surface area contributed by atoms with Crippen LogP contribution in [-0.4, -0.2) is 52.2 Å². The fourth-order valence-corrected chi connectivity index (χ4v) is 4.93. The molecule has 0 radical (unpaired) electrons. The molecule has 1 saturated carbocycles. The van der Waals surface area contributed by atoms with Gasteiger partial charge < -0.3 is 15.6 Å². The summed E-state index contributed by atoms with van der Waals surface area (Å²) in [5.41, 5.74) is 9.51. The molecule has 2 fully saturated rings. The Morgan fingerprint density at radius 2 is 1.56 bits per heavy atom. The Kier molecular flexibility index (Phi) is 19.0. The molecule has 1 aromatic carbocycles. The van der Waals surface area contributed by atoms with E-state index < -0.39 is 0 Å². The zero-order valence-electron chi connectivity index (χ0n) is 26.9. The second-order valence-corrected chi connectivity index (χ2v) is 10.8. The third-order valence-corrected chi connectivity index (χ3v) is 7.84. The number of carbonyl (C=O) groups is 2. The van der Waals surface area contributed by atoms with Crippen molar-refractivity contribution in [2.75, 3.05) is 20.1 Å². The number of nitrogens with zero attached hydrogens (tertiary/aromatic N) is 3. The Labute approximate surface area is 260 Å². The molecule has 2 aliphatic rings. The molecule has 3 heterocycles. The lowest BCUT2D eigenvalue weighted by Gasteiger charge is -2.28. The van der Waals surface area contributed by atoms with Gasteiger partial charge in [-0.1, -0.05) is 63.9 Å². The van der Waals surface area contributed by atoms with E-state index in [0.29, 0.717) is 12.2 Å². The van der Waals surface area contributed by atoms with Gasteiger partial charge in [-0.05, 0) is 86.8 Å². The van der Waals surface area contributed by atoms with Crippen molar-refractivity contribution >= 4 is 12.2 Å². The van der Waals surface area contributed by atoms with E-state index in [0.717, 1.165) is 72.1 Å². The standard InChI is InChI=1S/C23H27N3O.C8H15N.C2H6.C2H2.CH3NO/c1-2-21(27)9-5-3-4-6-10-23-25-17-22(26-23)19-13-11-18(12-14-19)20-8-7-15-24-16-20;1-9-6-4-8(2-3-8)5-7-9;2*1-2;2-1-3/h7-8,11-17H,2-6,9-10H2,1H3,(H,25,26);2-7H2,1H3;1-2H3;1-2H;1H,(H2,2,3). The molecule has 5 rings (SSSR count). The highest BCUT2D eigenvalue weighted by atomic mass is 16.1. The highest BCUT2D eigenvalue weighted by molar-refractivity contribution is 5.77. The molecule has 7 nitrogen and oxygen atoms in total. The molecule has 2 aromatic heterocycles. The highest BCUT2D eigenvalue weighted by Crippen LogP contribution is 2.53. The zero-order chi connectivity index (χ0) is 31.9. The Bertz CT molecular complexity index is 1160. The minimum atomic E-state index is 0.250. The largest absolute Gasteiger partial charge is 0.372 e. The molecule has 1 amide bonds. The number of imidazole rings is 1. The van der Waals surface area contributed by atoms with Gasteiger partial charge in [0.25, 0.3) is 0 Å². The SMILES string of the molecule is C#C.CC.CCC(=O)CCCCCCc1ncc(-c2ccc(-c3cccnc3)cc2)[nH]1.CN1CCC2(CC1)CC2.NC=O. The van der Waals surface area contributed by atoms with Crippen molar-refractivity contribution in [1.82, 2.24) is 19.9 Å². The number of piperidine rings is 1. The topological polar surface area (TPSA) is 105 Å². The Morgan fingerprint density at radius 3 is 2.12 bits per heavy atom. The number of terminal acetylenes is 1. The van der Waals surface area contributed by atoms with Crippen LogP contribution in [0.1, 0.15) is 90.8 Å². The zero-order valence-corrected chi connectivity index (χ0v) is 26.9. The van der Waals surface area contributed by atoms with E-state index >= 15 is 0 Å². The number of hydrogen-bond donors (Lipinski definition) is 2. The van der Waals surface area contributed by atoms with Crippen LogP contribution in [0.15, 0.2) is 55.0 Å². The van der Waals surface area contributed by atoms with E-state index in [-0.39, 0.29) is 6.41 Å². The van der Waals surface area contributed by atoms with E-state index in [1.54, 1.807) is 6.20 Å². The van der Waals surface area contributed by atoms with Crippen LogP contribution in [0.4, 0.5) is 0 Å². The van der Waals surface area contributed by atoms with Gasteiger partial charge in [0.15, 0.2) is 0 Å². The predicted molar refractivity (Wildman–Crippen MR) is 179 cm³/mol. The molecule has 1 aliphatic heterocycles. The summed E-state index contributed by atoms with van der Waals surface area (Å²) < 4.78 is 0. The number of likely N-dealkylation sites (tertiary alicyclic amines) is 1. The van der Waals surface area contributed by atoms with E-state index in [1.165, 1.54) is 38.8 Å². The Hall–Kier alpha value is -3.76. The van der Waals surface area contributed by atoms with E-state index in [9.17, 15) is 4.79 Å². The van der Waals surface area contributed by atoms with Gasteiger partial charge in [-0.3, -0.25) is 14.6 Å². The molecule has 0 unspecified atom stereocenters. The number of pyridine rings is 1. The summed E-state index contributed by atoms with van der Waals surface area (Å²) in [4.78, 5) is 34.4. The maximum absolute atomic E-state index is 11.3. The van der Waals surface area contributed by atoms with E-state index in [2.05, 4.69) is 75.8 Å². The number of nitrogens with one attached hydrogen (secondary N) is 1. The summed E-state index contributed by atoms with van der Waals surface area (Å²) in [6.07, 6.45) is 26.6. The monoisotopic (exact) mass is 587 g/mol. The molecule has 3 N–H and O–H groups in total. The number of ketones is 1. The molecule has 234 valence electrons.